The van der Waals surface area contributed by atoms with Crippen LogP contribution in [0.1, 0.15) is 52.8 Å². The van der Waals surface area contributed by atoms with E-state index in [0.717, 1.165) is 16.3 Å². The van der Waals surface area contributed by atoms with Crippen molar-refractivity contribution in [2.24, 2.45) is 10.5 Å². The number of aryl methyl sites for hydroxylation is 1. The van der Waals surface area contributed by atoms with Crippen LogP contribution in [0.4, 0.5) is 0 Å². The first-order chi connectivity index (χ1) is 18.0. The zero-order valence-corrected chi connectivity index (χ0v) is 24.7. The molecular weight excluding hydrogens is 555 g/mol. The molecule has 4 atom stereocenters. The van der Waals surface area contributed by atoms with Crippen molar-refractivity contribution < 1.29 is 32.7 Å². The van der Waals surface area contributed by atoms with Crippen molar-refractivity contribution >= 4 is 30.6 Å². The minimum atomic E-state index is -4.23. The predicted molar refractivity (Wildman–Crippen MR) is 143 cm³/mol. The molecule has 0 aromatic carbocycles. The Kier molecular flexibility index (Phi) is 11.1. The van der Waals surface area contributed by atoms with Crippen LogP contribution < -0.4 is 16.3 Å². The Morgan fingerprint density at radius 2 is 1.97 bits per heavy atom. The minimum absolute atomic E-state index is 0.0707. The number of aromatic nitrogens is 2. The number of rotatable bonds is 12. The van der Waals surface area contributed by atoms with Gasteiger partial charge in [0, 0.05) is 34.3 Å². The molecule has 218 valence electrons. The second-order valence-electron chi connectivity index (χ2n) is 10.4. The number of nitrogens with zero attached hydrogens (tertiary/aromatic N) is 4. The van der Waals surface area contributed by atoms with Gasteiger partial charge in [-0.1, -0.05) is 37.6 Å². The fraction of sp³-hybridized carbons (Fsp3) is 0.727. The van der Waals surface area contributed by atoms with E-state index >= 15 is 0 Å². The van der Waals surface area contributed by atoms with Crippen molar-refractivity contribution in [1.29, 1.82) is 0 Å². The molecule has 1 unspecified atom stereocenters. The van der Waals surface area contributed by atoms with Gasteiger partial charge in [-0.15, -0.1) is 0 Å². The highest BCUT2D eigenvalue weighted by molar-refractivity contribution is 8.13. The summed E-state index contributed by atoms with van der Waals surface area (Å²) in [6, 6.07) is -0.818. The molecule has 0 aliphatic carbocycles. The molecule has 2 heterocycles. The topological polar surface area (TPSA) is 204 Å². The van der Waals surface area contributed by atoms with Gasteiger partial charge in [-0.3, -0.25) is 33.0 Å². The van der Waals surface area contributed by atoms with Gasteiger partial charge in [0.2, 0.25) is 0 Å². The van der Waals surface area contributed by atoms with Crippen LogP contribution in [0.3, 0.4) is 0 Å². The summed E-state index contributed by atoms with van der Waals surface area (Å²) < 4.78 is 36.6. The summed E-state index contributed by atoms with van der Waals surface area (Å²) in [6.45, 7) is 9.11. The third-order valence-corrected chi connectivity index (χ3v) is 8.66. The first-order valence-corrected chi connectivity index (χ1v) is 14.5. The van der Waals surface area contributed by atoms with E-state index in [9.17, 15) is 23.7 Å². The number of carbonyl (C=O) groups excluding carboxylic acids is 2. The Bertz CT molecular complexity index is 1270. The number of hydrogen-bond donors (Lipinski definition) is 2. The number of hydrogen-bond acceptors (Lipinski definition) is 11. The first kappa shape index (κ1) is 32.8. The third-order valence-electron chi connectivity index (χ3n) is 5.57. The molecule has 1 saturated heterocycles. The monoisotopic (exact) mass is 590 g/mol. The third kappa shape index (κ3) is 9.04. The summed E-state index contributed by atoms with van der Waals surface area (Å²) in [7, 11) is -3.06. The Morgan fingerprint density at radius 3 is 2.56 bits per heavy atom. The molecule has 0 amide bonds. The smallest absolute Gasteiger partial charge is 0.406 e. The van der Waals surface area contributed by atoms with Gasteiger partial charge >= 0.3 is 19.4 Å². The standard InChI is InChI=1S/C22H35N6O9PS/c1-13-11-28(20(32)24-17(13)29)16-10-14(25-27-23)15(37-16)12-36-38(33,26-22(5,6)18(30)34-7)35-8-9-39-19(31)21(2,3)4/h11,14-16H,8-10,12H2,1-7H3,(H,26,33)(H,24,29,32)/t14-,15+,16+,38?/m0/s1. The summed E-state index contributed by atoms with van der Waals surface area (Å²) in [4.78, 5) is 53.5. The van der Waals surface area contributed by atoms with Crippen LogP contribution in [-0.2, 0) is 32.7 Å². The average Bonchev–Trinajstić information content (AvgIpc) is 3.24. The van der Waals surface area contributed by atoms with Crippen molar-refractivity contribution in [1.82, 2.24) is 14.6 Å². The lowest BCUT2D eigenvalue weighted by molar-refractivity contribution is -0.146. The van der Waals surface area contributed by atoms with E-state index < -0.39 is 60.9 Å². The van der Waals surface area contributed by atoms with Gasteiger partial charge in [0.05, 0.1) is 32.5 Å². The van der Waals surface area contributed by atoms with Gasteiger partial charge in [-0.05, 0) is 26.3 Å². The van der Waals surface area contributed by atoms with E-state index in [-0.39, 0.29) is 29.5 Å². The fourth-order valence-electron chi connectivity index (χ4n) is 3.45. The van der Waals surface area contributed by atoms with Gasteiger partial charge in [0.15, 0.2) is 5.12 Å². The van der Waals surface area contributed by atoms with E-state index in [2.05, 4.69) is 20.1 Å². The minimum Gasteiger partial charge on any atom is -0.468 e. The maximum absolute atomic E-state index is 13.7. The maximum atomic E-state index is 13.7. The van der Waals surface area contributed by atoms with Crippen LogP contribution in [0.25, 0.3) is 10.4 Å². The van der Waals surface area contributed by atoms with Crippen LogP contribution in [-0.4, -0.2) is 64.4 Å². The maximum Gasteiger partial charge on any atom is 0.406 e. The van der Waals surface area contributed by atoms with Gasteiger partial charge in [0.1, 0.15) is 11.8 Å². The molecule has 15 nitrogen and oxygen atoms in total. The summed E-state index contributed by atoms with van der Waals surface area (Å²) in [5, 5.41) is 6.19. The molecule has 2 rings (SSSR count). The van der Waals surface area contributed by atoms with Crippen molar-refractivity contribution in [3.05, 3.63) is 43.0 Å². The van der Waals surface area contributed by atoms with Crippen molar-refractivity contribution in [2.45, 2.75) is 71.9 Å². The number of aromatic amines is 1. The lowest BCUT2D eigenvalue weighted by atomic mass is 10.00. The van der Waals surface area contributed by atoms with Gasteiger partial charge in [-0.2, -0.15) is 0 Å². The normalized spacial score (nSPS) is 21.2. The summed E-state index contributed by atoms with van der Waals surface area (Å²) in [6.07, 6.45) is -0.465. The number of H-pyrrole nitrogens is 1. The largest absolute Gasteiger partial charge is 0.468 e. The fourth-order valence-corrected chi connectivity index (χ4v) is 6.01. The van der Waals surface area contributed by atoms with E-state index in [0.29, 0.717) is 0 Å². The molecule has 0 saturated carbocycles. The number of azide groups is 1. The molecular formula is C22H35N6O9PS. The van der Waals surface area contributed by atoms with E-state index in [4.69, 9.17) is 24.1 Å². The highest BCUT2D eigenvalue weighted by Gasteiger charge is 2.42. The second-order valence-corrected chi connectivity index (χ2v) is 13.2. The number of esters is 1. The van der Waals surface area contributed by atoms with Crippen LogP contribution in [0.15, 0.2) is 20.9 Å². The van der Waals surface area contributed by atoms with Gasteiger partial charge < -0.3 is 9.47 Å². The van der Waals surface area contributed by atoms with Crippen molar-refractivity contribution in [3.8, 4) is 0 Å². The van der Waals surface area contributed by atoms with E-state index in [1.54, 1.807) is 20.8 Å². The molecule has 0 spiro atoms. The Morgan fingerprint density at radius 1 is 1.31 bits per heavy atom. The number of ether oxygens (including phenoxy) is 2. The molecule has 17 heteroatoms. The van der Waals surface area contributed by atoms with E-state index in [1.807, 2.05) is 0 Å². The average molecular weight is 591 g/mol. The molecule has 1 aliphatic rings. The van der Waals surface area contributed by atoms with Gasteiger partial charge in [-0.25, -0.2) is 14.4 Å². The number of carbonyl (C=O) groups is 2. The first-order valence-electron chi connectivity index (χ1n) is 12.0. The second kappa shape index (κ2) is 13.3. The lowest BCUT2D eigenvalue weighted by Gasteiger charge is -2.29. The number of nitrogens with one attached hydrogen (secondary N) is 2. The Labute approximate surface area is 229 Å². The van der Waals surface area contributed by atoms with Crippen LogP contribution >= 0.6 is 19.5 Å². The van der Waals surface area contributed by atoms with Crippen molar-refractivity contribution in [3.63, 3.8) is 0 Å². The molecule has 0 bridgehead atoms. The SMILES string of the molecule is COC(=O)C(C)(C)NP(=O)(OCCSC(=O)C(C)(C)C)OC[C@H]1O[C@@H](n2cc(C)c(=O)[nH]c2=O)C[C@@H]1N=[N+]=[N-]. The van der Waals surface area contributed by atoms with Crippen LogP contribution in [0.5, 0.6) is 0 Å². The van der Waals surface area contributed by atoms with Crippen LogP contribution in [0, 0.1) is 12.3 Å². The lowest BCUT2D eigenvalue weighted by Crippen LogP contribution is -2.46. The number of methoxy groups -OCH3 is 1. The molecule has 1 aliphatic heterocycles. The molecule has 2 N–H and O–H groups in total. The summed E-state index contributed by atoms with van der Waals surface area (Å²) >= 11 is 1.01. The summed E-state index contributed by atoms with van der Waals surface area (Å²) in [5.74, 6) is -0.564. The highest BCUT2D eigenvalue weighted by atomic mass is 32.2. The predicted octanol–water partition coefficient (Wildman–Crippen LogP) is 2.80. The quantitative estimate of drug-likeness (QED) is 0.0904. The number of thioether (sulfide) groups is 1. The molecule has 1 aromatic rings. The highest BCUT2D eigenvalue weighted by Crippen LogP contribution is 2.47. The molecule has 0 radical (unpaired) electrons. The molecule has 1 aromatic heterocycles. The van der Waals surface area contributed by atoms with Gasteiger partial charge in [0.25, 0.3) is 5.56 Å². The van der Waals surface area contributed by atoms with Crippen molar-refractivity contribution in [2.75, 3.05) is 26.1 Å². The Hall–Kier alpha value is -2.45. The molecule has 1 fully saturated rings. The van der Waals surface area contributed by atoms with E-state index in [1.165, 1.54) is 34.1 Å². The van der Waals surface area contributed by atoms with Crippen LogP contribution in [0.2, 0.25) is 0 Å². The zero-order valence-electron chi connectivity index (χ0n) is 23.0. The Balaban J connectivity index is 2.21. The summed E-state index contributed by atoms with van der Waals surface area (Å²) in [5.41, 5.74) is 5.98. The zero-order chi connectivity index (χ0) is 29.6. The molecule has 39 heavy (non-hydrogen) atoms.